The van der Waals surface area contributed by atoms with Crippen molar-refractivity contribution in [3.63, 3.8) is 0 Å². The minimum absolute atomic E-state index is 0.0831. The van der Waals surface area contributed by atoms with Crippen molar-refractivity contribution in [2.45, 2.75) is 24.7 Å². The van der Waals surface area contributed by atoms with E-state index >= 15 is 0 Å². The van der Waals surface area contributed by atoms with E-state index in [0.717, 1.165) is 6.07 Å². The molecular formula is C11H12ClNO4S. The van der Waals surface area contributed by atoms with Crippen LogP contribution in [0.15, 0.2) is 17.0 Å². The zero-order valence-corrected chi connectivity index (χ0v) is 11.4. The number of halogens is 1. The summed E-state index contributed by atoms with van der Waals surface area (Å²) in [6.45, 7) is 3.64. The monoisotopic (exact) mass is 289 g/mol. The van der Waals surface area contributed by atoms with Crippen LogP contribution in [0.1, 0.15) is 35.7 Å². The third kappa shape index (κ3) is 1.67. The Morgan fingerprint density at radius 2 is 2.00 bits per heavy atom. The summed E-state index contributed by atoms with van der Waals surface area (Å²) < 4.78 is 24.7. The summed E-state index contributed by atoms with van der Waals surface area (Å²) in [5.41, 5.74) is 0.620. The first-order valence-electron chi connectivity index (χ1n) is 5.30. The van der Waals surface area contributed by atoms with Crippen molar-refractivity contribution in [2.24, 2.45) is 0 Å². The smallest absolute Gasteiger partial charge is 0.270 e. The number of phenols is 1. The van der Waals surface area contributed by atoms with Gasteiger partial charge in [-0.3, -0.25) is 4.79 Å². The summed E-state index contributed by atoms with van der Waals surface area (Å²) >= 11 is 5.51. The van der Waals surface area contributed by atoms with Gasteiger partial charge in [-0.05, 0) is 17.5 Å². The number of sulfonamides is 1. The fourth-order valence-corrected chi connectivity index (χ4v) is 3.88. The first-order valence-corrected chi connectivity index (χ1v) is 7.28. The molecule has 1 aromatic rings. The fourth-order valence-electron chi connectivity index (χ4n) is 1.98. The second-order valence-electron chi connectivity index (χ2n) is 4.34. The van der Waals surface area contributed by atoms with Gasteiger partial charge in [-0.1, -0.05) is 13.8 Å². The molecule has 0 spiro atoms. The number of phenolic OH excluding ortho intramolecular Hbond substituents is 1. The standard InChI is InChI=1S/C11H12ClNO4S/c1-6(2)8-3-7(14)4-9-10(8)11(15)13(5-12)18(9,16)17/h3-4,6,14H,5H2,1-2H3. The van der Waals surface area contributed by atoms with E-state index in [4.69, 9.17) is 11.6 Å². The largest absolute Gasteiger partial charge is 0.508 e. The molecule has 0 bridgehead atoms. The van der Waals surface area contributed by atoms with Crippen LogP contribution in [0.5, 0.6) is 5.75 Å². The van der Waals surface area contributed by atoms with Crippen LogP contribution in [-0.4, -0.2) is 29.7 Å². The first kappa shape index (κ1) is 13.2. The lowest BCUT2D eigenvalue weighted by Crippen LogP contribution is -2.28. The lowest BCUT2D eigenvalue weighted by Gasteiger charge is -2.10. The van der Waals surface area contributed by atoms with Crippen molar-refractivity contribution in [2.75, 3.05) is 6.00 Å². The van der Waals surface area contributed by atoms with Crippen molar-refractivity contribution in [1.29, 1.82) is 0 Å². The van der Waals surface area contributed by atoms with Crippen molar-refractivity contribution >= 4 is 27.5 Å². The molecule has 0 aromatic heterocycles. The number of aromatic hydroxyl groups is 1. The van der Waals surface area contributed by atoms with Crippen LogP contribution in [0.2, 0.25) is 0 Å². The third-order valence-corrected chi connectivity index (χ3v) is 4.99. The molecule has 1 amide bonds. The van der Waals surface area contributed by atoms with Crippen LogP contribution in [0.25, 0.3) is 0 Å². The van der Waals surface area contributed by atoms with Crippen molar-refractivity contribution < 1.29 is 18.3 Å². The first-order chi connectivity index (χ1) is 8.30. The topological polar surface area (TPSA) is 74.7 Å². The second kappa shape index (κ2) is 4.13. The van der Waals surface area contributed by atoms with E-state index in [1.54, 1.807) is 0 Å². The molecule has 1 heterocycles. The highest BCUT2D eigenvalue weighted by Crippen LogP contribution is 2.38. The van der Waals surface area contributed by atoms with E-state index in [-0.39, 0.29) is 22.1 Å². The van der Waals surface area contributed by atoms with Gasteiger partial charge >= 0.3 is 0 Å². The van der Waals surface area contributed by atoms with E-state index in [2.05, 4.69) is 0 Å². The molecule has 1 aromatic carbocycles. The number of fused-ring (bicyclic) bond motifs is 1. The maximum Gasteiger partial charge on any atom is 0.270 e. The van der Waals surface area contributed by atoms with E-state index in [9.17, 15) is 18.3 Å². The number of hydrogen-bond donors (Lipinski definition) is 1. The SMILES string of the molecule is CC(C)c1cc(O)cc2c1C(=O)N(CCl)S2(=O)=O. The highest BCUT2D eigenvalue weighted by atomic mass is 35.5. The van der Waals surface area contributed by atoms with Gasteiger partial charge in [0.25, 0.3) is 15.9 Å². The normalized spacial score (nSPS) is 17.3. The number of carbonyl (C=O) groups excluding carboxylic acids is 1. The van der Waals surface area contributed by atoms with Gasteiger partial charge in [0.05, 0.1) is 5.56 Å². The predicted octanol–water partition coefficient (Wildman–Crippen LogP) is 1.86. The van der Waals surface area contributed by atoms with Gasteiger partial charge in [0, 0.05) is 6.07 Å². The molecule has 98 valence electrons. The van der Waals surface area contributed by atoms with Gasteiger partial charge in [0.15, 0.2) is 0 Å². The van der Waals surface area contributed by atoms with E-state index < -0.39 is 21.9 Å². The predicted molar refractivity (Wildman–Crippen MR) is 66.3 cm³/mol. The van der Waals surface area contributed by atoms with Crippen LogP contribution in [-0.2, 0) is 10.0 Å². The lowest BCUT2D eigenvalue weighted by atomic mass is 9.96. The van der Waals surface area contributed by atoms with Gasteiger partial charge in [-0.15, -0.1) is 11.6 Å². The minimum atomic E-state index is -3.93. The van der Waals surface area contributed by atoms with Crippen LogP contribution >= 0.6 is 11.6 Å². The zero-order valence-electron chi connectivity index (χ0n) is 9.84. The van der Waals surface area contributed by atoms with Crippen molar-refractivity contribution in [1.82, 2.24) is 4.31 Å². The maximum atomic E-state index is 12.1. The minimum Gasteiger partial charge on any atom is -0.508 e. The third-order valence-electron chi connectivity index (χ3n) is 2.86. The summed E-state index contributed by atoms with van der Waals surface area (Å²) in [5, 5.41) is 9.58. The Morgan fingerprint density at radius 3 is 2.50 bits per heavy atom. The highest BCUT2D eigenvalue weighted by Gasteiger charge is 2.43. The summed E-state index contributed by atoms with van der Waals surface area (Å²) in [6.07, 6.45) is 0. The molecule has 2 rings (SSSR count). The highest BCUT2D eigenvalue weighted by molar-refractivity contribution is 7.90. The van der Waals surface area contributed by atoms with E-state index in [1.165, 1.54) is 6.07 Å². The Balaban J connectivity index is 2.83. The zero-order chi connectivity index (χ0) is 13.7. The molecule has 18 heavy (non-hydrogen) atoms. The second-order valence-corrected chi connectivity index (χ2v) is 6.41. The molecule has 0 unspecified atom stereocenters. The van der Waals surface area contributed by atoms with Gasteiger partial charge in [0.1, 0.15) is 16.6 Å². The van der Waals surface area contributed by atoms with E-state index in [1.807, 2.05) is 13.8 Å². The number of benzene rings is 1. The van der Waals surface area contributed by atoms with Crippen LogP contribution in [0, 0.1) is 0 Å². The van der Waals surface area contributed by atoms with E-state index in [0.29, 0.717) is 9.87 Å². The molecule has 1 aliphatic heterocycles. The number of hydrogen-bond acceptors (Lipinski definition) is 4. The quantitative estimate of drug-likeness (QED) is 0.666. The molecule has 1 N–H and O–H groups in total. The molecule has 1 aliphatic rings. The van der Waals surface area contributed by atoms with Crippen molar-refractivity contribution in [3.05, 3.63) is 23.3 Å². The summed E-state index contributed by atoms with van der Waals surface area (Å²) in [4.78, 5) is 11.9. The number of rotatable bonds is 2. The molecule has 0 saturated carbocycles. The Morgan fingerprint density at radius 1 is 1.39 bits per heavy atom. The van der Waals surface area contributed by atoms with Gasteiger partial charge in [-0.25, -0.2) is 12.7 Å². The molecule has 0 saturated heterocycles. The van der Waals surface area contributed by atoms with Crippen molar-refractivity contribution in [3.8, 4) is 5.75 Å². The Kier molecular flexibility index (Phi) is 3.03. The van der Waals surface area contributed by atoms with Crippen LogP contribution < -0.4 is 0 Å². The average Bonchev–Trinajstić information content (AvgIpc) is 2.45. The molecule has 0 atom stereocenters. The van der Waals surface area contributed by atoms with Crippen LogP contribution in [0.4, 0.5) is 0 Å². The number of carbonyl (C=O) groups is 1. The molecule has 5 nitrogen and oxygen atoms in total. The summed E-state index contributed by atoms with van der Waals surface area (Å²) in [7, 11) is -3.93. The maximum absolute atomic E-state index is 12.1. The van der Waals surface area contributed by atoms with Gasteiger partial charge in [-0.2, -0.15) is 0 Å². The number of amides is 1. The summed E-state index contributed by atoms with van der Waals surface area (Å²) in [5.74, 6) is -0.894. The Labute approximate surface area is 110 Å². The fraction of sp³-hybridized carbons (Fsp3) is 0.364. The lowest BCUT2D eigenvalue weighted by molar-refractivity contribution is 0.0884. The Bertz CT molecular complexity index is 624. The average molecular weight is 290 g/mol. The van der Waals surface area contributed by atoms with Crippen LogP contribution in [0.3, 0.4) is 0 Å². The summed E-state index contributed by atoms with van der Waals surface area (Å²) in [6, 6.07) is 2.06. The molecule has 0 fully saturated rings. The Hall–Kier alpha value is -1.27. The van der Waals surface area contributed by atoms with Gasteiger partial charge in [0.2, 0.25) is 0 Å². The molecule has 7 heteroatoms. The van der Waals surface area contributed by atoms with Gasteiger partial charge < -0.3 is 5.11 Å². The number of nitrogens with zero attached hydrogens (tertiary/aromatic N) is 1. The molecule has 0 aliphatic carbocycles. The molecule has 0 radical (unpaired) electrons. The molecular weight excluding hydrogens is 278 g/mol. The number of alkyl halides is 1.